The summed E-state index contributed by atoms with van der Waals surface area (Å²) in [6.07, 6.45) is 3.61. The van der Waals surface area contributed by atoms with Gasteiger partial charge in [0.1, 0.15) is 11.6 Å². The first-order chi connectivity index (χ1) is 13.5. The van der Waals surface area contributed by atoms with Crippen LogP contribution in [-0.2, 0) is 6.42 Å². The van der Waals surface area contributed by atoms with Crippen molar-refractivity contribution in [3.63, 3.8) is 0 Å². The quantitative estimate of drug-likeness (QED) is 0.500. The lowest BCUT2D eigenvalue weighted by molar-refractivity contribution is 0.0992. The molecule has 8 heteroatoms. The topological polar surface area (TPSA) is 136 Å². The number of para-hydroxylation sites is 1. The van der Waals surface area contributed by atoms with Crippen molar-refractivity contribution in [1.82, 2.24) is 9.97 Å². The number of nitrogens with one attached hydrogen (secondary N) is 2. The number of aromatic nitrogens is 2. The van der Waals surface area contributed by atoms with E-state index < -0.39 is 11.8 Å². The molecule has 2 amide bonds. The first-order valence-corrected chi connectivity index (χ1v) is 8.65. The van der Waals surface area contributed by atoms with Gasteiger partial charge in [-0.2, -0.15) is 0 Å². The molecule has 0 atom stereocenters. The minimum Gasteiger partial charge on any atom is -0.366 e. The molecule has 2 heterocycles. The van der Waals surface area contributed by atoms with Crippen molar-refractivity contribution >= 4 is 34.8 Å². The van der Waals surface area contributed by atoms with Crippen LogP contribution >= 0.6 is 0 Å². The lowest BCUT2D eigenvalue weighted by Crippen LogP contribution is -2.14. The zero-order valence-electron chi connectivity index (χ0n) is 15.3. The van der Waals surface area contributed by atoms with E-state index in [2.05, 4.69) is 27.5 Å². The van der Waals surface area contributed by atoms with Gasteiger partial charge in [-0.05, 0) is 30.2 Å². The molecule has 0 aliphatic carbocycles. The number of nitrogens with zero attached hydrogens (tertiary/aromatic N) is 2. The van der Waals surface area contributed by atoms with E-state index in [1.165, 1.54) is 12.4 Å². The van der Waals surface area contributed by atoms with Crippen molar-refractivity contribution < 1.29 is 9.59 Å². The summed E-state index contributed by atoms with van der Waals surface area (Å²) >= 11 is 0. The largest absolute Gasteiger partial charge is 0.366 e. The van der Waals surface area contributed by atoms with Crippen LogP contribution in [0.4, 0.5) is 23.0 Å². The van der Waals surface area contributed by atoms with E-state index >= 15 is 0 Å². The number of nitrogens with two attached hydrogens (primary N) is 2. The smallest absolute Gasteiger partial charge is 0.252 e. The van der Waals surface area contributed by atoms with Gasteiger partial charge in [0, 0.05) is 24.1 Å². The fourth-order valence-corrected chi connectivity index (χ4v) is 2.66. The molecule has 6 N–H and O–H groups in total. The van der Waals surface area contributed by atoms with Crippen molar-refractivity contribution in [2.75, 3.05) is 10.6 Å². The highest BCUT2D eigenvalue weighted by Crippen LogP contribution is 2.26. The Kier molecular flexibility index (Phi) is 5.50. The van der Waals surface area contributed by atoms with E-state index in [-0.39, 0.29) is 5.56 Å². The Labute approximate surface area is 162 Å². The molecule has 0 bridgehead atoms. The number of anilines is 4. The van der Waals surface area contributed by atoms with Crippen molar-refractivity contribution in [2.45, 2.75) is 13.3 Å². The van der Waals surface area contributed by atoms with Crippen molar-refractivity contribution in [2.24, 2.45) is 11.5 Å². The number of hydrogen-bond donors (Lipinski definition) is 4. The van der Waals surface area contributed by atoms with Crippen molar-refractivity contribution in [3.05, 3.63) is 71.5 Å². The predicted molar refractivity (Wildman–Crippen MR) is 108 cm³/mol. The number of aryl methyl sites for hydroxylation is 1. The van der Waals surface area contributed by atoms with E-state index in [0.29, 0.717) is 22.9 Å². The average Bonchev–Trinajstić information content (AvgIpc) is 2.69. The van der Waals surface area contributed by atoms with E-state index in [1.807, 2.05) is 24.3 Å². The second-order valence-electron chi connectivity index (χ2n) is 6.04. The minimum atomic E-state index is -0.584. The van der Waals surface area contributed by atoms with Gasteiger partial charge in [0.15, 0.2) is 0 Å². The van der Waals surface area contributed by atoms with Crippen LogP contribution < -0.4 is 22.1 Å². The van der Waals surface area contributed by atoms with E-state index in [9.17, 15) is 9.59 Å². The molecule has 28 heavy (non-hydrogen) atoms. The van der Waals surface area contributed by atoms with Gasteiger partial charge < -0.3 is 22.1 Å². The highest BCUT2D eigenvalue weighted by Gasteiger charge is 2.12. The molecule has 2 aromatic heterocycles. The Bertz CT molecular complexity index is 1020. The third-order valence-corrected chi connectivity index (χ3v) is 4.14. The van der Waals surface area contributed by atoms with Gasteiger partial charge >= 0.3 is 0 Å². The Morgan fingerprint density at radius 2 is 1.64 bits per heavy atom. The summed E-state index contributed by atoms with van der Waals surface area (Å²) in [5.74, 6) is -0.200. The lowest BCUT2D eigenvalue weighted by Gasteiger charge is -2.15. The predicted octanol–water partition coefficient (Wildman–Crippen LogP) is 2.72. The monoisotopic (exact) mass is 376 g/mol. The van der Waals surface area contributed by atoms with Crippen LogP contribution in [0.5, 0.6) is 0 Å². The number of pyridine rings is 2. The molecular weight excluding hydrogens is 356 g/mol. The minimum absolute atomic E-state index is 0.272. The molecule has 0 aliphatic heterocycles. The van der Waals surface area contributed by atoms with Crippen LogP contribution in [-0.4, -0.2) is 21.8 Å². The first kappa shape index (κ1) is 18.8. The van der Waals surface area contributed by atoms with Gasteiger partial charge in [-0.1, -0.05) is 25.1 Å². The van der Waals surface area contributed by atoms with Gasteiger partial charge in [0.05, 0.1) is 16.8 Å². The second kappa shape index (κ2) is 8.17. The number of carbonyl (C=O) groups is 2. The molecule has 3 rings (SSSR count). The SMILES string of the molecule is CCc1ccccc1Nc1cc(Nc2ccc(C(N)=O)cn2)ncc1C(N)=O. The maximum Gasteiger partial charge on any atom is 0.252 e. The Hall–Kier alpha value is -3.94. The standard InChI is InChI=1S/C20H20N6O2/c1-2-12-5-3-4-6-15(12)25-16-9-18(24-11-14(16)20(22)28)26-17-8-7-13(10-23-17)19(21)27/h3-11H,2H2,1H3,(H2,21,27)(H2,22,28)(H2,23,24,25,26). The summed E-state index contributed by atoms with van der Waals surface area (Å²) < 4.78 is 0. The van der Waals surface area contributed by atoms with Crippen molar-refractivity contribution in [3.8, 4) is 0 Å². The summed E-state index contributed by atoms with van der Waals surface area (Å²) in [4.78, 5) is 31.3. The first-order valence-electron chi connectivity index (χ1n) is 8.65. The molecule has 3 aromatic rings. The number of carbonyl (C=O) groups excluding carboxylic acids is 2. The lowest BCUT2D eigenvalue weighted by atomic mass is 10.1. The number of amides is 2. The fraction of sp³-hybridized carbons (Fsp3) is 0.100. The zero-order valence-corrected chi connectivity index (χ0v) is 15.3. The van der Waals surface area contributed by atoms with Crippen LogP contribution in [0, 0.1) is 0 Å². The van der Waals surface area contributed by atoms with Gasteiger partial charge in [-0.15, -0.1) is 0 Å². The highest BCUT2D eigenvalue weighted by atomic mass is 16.1. The molecule has 0 spiro atoms. The van der Waals surface area contributed by atoms with Crippen LogP contribution in [0.1, 0.15) is 33.2 Å². The zero-order chi connectivity index (χ0) is 20.1. The van der Waals surface area contributed by atoms with Gasteiger partial charge in [0.2, 0.25) is 5.91 Å². The molecule has 0 saturated carbocycles. The van der Waals surface area contributed by atoms with E-state index in [1.54, 1.807) is 18.2 Å². The van der Waals surface area contributed by atoms with Gasteiger partial charge in [0.25, 0.3) is 5.91 Å². The molecule has 0 saturated heterocycles. The third-order valence-electron chi connectivity index (χ3n) is 4.14. The normalized spacial score (nSPS) is 10.3. The molecule has 0 fully saturated rings. The van der Waals surface area contributed by atoms with E-state index in [0.717, 1.165) is 17.7 Å². The highest BCUT2D eigenvalue weighted by molar-refractivity contribution is 5.99. The number of hydrogen-bond acceptors (Lipinski definition) is 6. The molecule has 8 nitrogen and oxygen atoms in total. The maximum atomic E-state index is 11.8. The molecular formula is C20H20N6O2. The van der Waals surface area contributed by atoms with Gasteiger partial charge in [-0.3, -0.25) is 9.59 Å². The molecule has 0 unspecified atom stereocenters. The van der Waals surface area contributed by atoms with Crippen LogP contribution in [0.15, 0.2) is 54.9 Å². The van der Waals surface area contributed by atoms with Gasteiger partial charge in [-0.25, -0.2) is 9.97 Å². The maximum absolute atomic E-state index is 11.8. The van der Waals surface area contributed by atoms with E-state index in [4.69, 9.17) is 11.5 Å². The second-order valence-corrected chi connectivity index (χ2v) is 6.04. The summed E-state index contributed by atoms with van der Waals surface area (Å²) in [6, 6.07) is 12.7. The molecule has 1 aromatic carbocycles. The molecule has 142 valence electrons. The summed E-state index contributed by atoms with van der Waals surface area (Å²) in [7, 11) is 0. The molecule has 0 aliphatic rings. The summed E-state index contributed by atoms with van der Waals surface area (Å²) in [5, 5.41) is 6.29. The summed E-state index contributed by atoms with van der Waals surface area (Å²) in [5.41, 5.74) is 13.8. The van der Waals surface area contributed by atoms with Crippen LogP contribution in [0.3, 0.4) is 0 Å². The van der Waals surface area contributed by atoms with Crippen LogP contribution in [0.25, 0.3) is 0 Å². The number of benzene rings is 1. The fourth-order valence-electron chi connectivity index (χ4n) is 2.66. The Balaban J connectivity index is 1.91. The Morgan fingerprint density at radius 3 is 2.29 bits per heavy atom. The number of rotatable bonds is 7. The Morgan fingerprint density at radius 1 is 0.893 bits per heavy atom. The van der Waals surface area contributed by atoms with Crippen LogP contribution in [0.2, 0.25) is 0 Å². The average molecular weight is 376 g/mol. The molecule has 0 radical (unpaired) electrons. The van der Waals surface area contributed by atoms with Crippen molar-refractivity contribution in [1.29, 1.82) is 0 Å². The summed E-state index contributed by atoms with van der Waals surface area (Å²) in [6.45, 7) is 2.05. The number of primary amides is 2. The third kappa shape index (κ3) is 4.24.